The predicted molar refractivity (Wildman–Crippen MR) is 99.6 cm³/mol. The number of nitrogens with zero attached hydrogens (tertiary/aromatic N) is 3. The molecule has 2 atom stereocenters. The van der Waals surface area contributed by atoms with E-state index in [-0.39, 0.29) is 12.7 Å². The molecule has 1 fully saturated rings. The Labute approximate surface area is 170 Å². The van der Waals surface area contributed by atoms with E-state index in [4.69, 9.17) is 59.2 Å². The summed E-state index contributed by atoms with van der Waals surface area (Å²) in [6.07, 6.45) is 10.2. The zero-order valence-corrected chi connectivity index (χ0v) is 16.0. The minimum atomic E-state index is -1.50. The highest BCUT2D eigenvalue weighted by Gasteiger charge is 2.45. The normalized spacial score (nSPS) is 20.8. The molecule has 0 bridgehead atoms. The largest absolute Gasteiger partial charge is 0.366 e. The lowest BCUT2D eigenvalue weighted by Gasteiger charge is -2.29. The maximum atomic E-state index is 8.36. The van der Waals surface area contributed by atoms with E-state index in [2.05, 4.69) is 10.9 Å². The van der Waals surface area contributed by atoms with Gasteiger partial charge in [0.05, 0.1) is 31.1 Å². The lowest BCUT2D eigenvalue weighted by atomic mass is 10.1. The fourth-order valence-electron chi connectivity index (χ4n) is 2.62. The predicted octanol–water partition coefficient (Wildman–Crippen LogP) is 2.76. The number of imidazole rings is 1. The zero-order chi connectivity index (χ0) is 20.6. The Hall–Kier alpha value is -2.35. The molecule has 1 saturated heterocycles. The number of rotatable bonds is 6. The maximum Gasteiger partial charge on any atom is 0.291 e. The molecule has 9 nitrogen and oxygen atoms in total. The van der Waals surface area contributed by atoms with Crippen molar-refractivity contribution in [3.05, 3.63) is 62.6 Å². The number of hydrogen-bond acceptors (Lipinski definition) is 6. The van der Waals surface area contributed by atoms with Gasteiger partial charge in [0, 0.05) is 23.0 Å². The highest BCUT2D eigenvalue weighted by atomic mass is 35.5. The summed E-state index contributed by atoms with van der Waals surface area (Å²) in [7, 11) is 0. The highest BCUT2D eigenvalue weighted by Crippen LogP contribution is 2.40. The summed E-state index contributed by atoms with van der Waals surface area (Å²) in [4.78, 5) is 12.4. The third kappa shape index (κ3) is 6.09. The van der Waals surface area contributed by atoms with E-state index in [0.717, 1.165) is 0 Å². The van der Waals surface area contributed by atoms with Gasteiger partial charge in [0.1, 0.15) is 12.7 Å². The molecule has 0 amide bonds. The molecule has 1 N–H and O–H groups in total. The van der Waals surface area contributed by atoms with Crippen LogP contribution in [0, 0.1) is 22.5 Å². The number of aromatic nitrogens is 2. The van der Waals surface area contributed by atoms with Crippen LogP contribution >= 0.6 is 23.2 Å². The summed E-state index contributed by atoms with van der Waals surface area (Å²) in [5.41, 5.74) is 0.710. The molecule has 2 aromatic rings. The van der Waals surface area contributed by atoms with Gasteiger partial charge < -0.3 is 24.0 Å². The van der Waals surface area contributed by atoms with Gasteiger partial charge in [-0.25, -0.2) is 4.98 Å². The van der Waals surface area contributed by atoms with Crippen molar-refractivity contribution >= 4 is 23.2 Å². The van der Waals surface area contributed by atoms with Crippen molar-refractivity contribution < 1.29 is 24.5 Å². The van der Waals surface area contributed by atoms with Crippen molar-refractivity contribution in [1.29, 1.82) is 0 Å². The van der Waals surface area contributed by atoms with Crippen LogP contribution in [-0.2, 0) is 26.5 Å². The first kappa shape index (κ1) is 21.9. The lowest BCUT2D eigenvalue weighted by molar-refractivity contribution is -0.742. The van der Waals surface area contributed by atoms with E-state index in [1.807, 2.05) is 16.8 Å². The molecule has 2 heterocycles. The zero-order valence-electron chi connectivity index (χ0n) is 14.5. The quantitative estimate of drug-likeness (QED) is 0.325. The van der Waals surface area contributed by atoms with Crippen molar-refractivity contribution in [2.75, 3.05) is 19.8 Å². The highest BCUT2D eigenvalue weighted by molar-refractivity contribution is 6.35. The minimum Gasteiger partial charge on any atom is -0.366 e. The molecule has 1 aliphatic rings. The first-order chi connectivity index (χ1) is 13.4. The van der Waals surface area contributed by atoms with Crippen molar-refractivity contribution in [2.24, 2.45) is 0 Å². The number of halogens is 2. The summed E-state index contributed by atoms with van der Waals surface area (Å²) >= 11 is 12.4. The third-order valence-electron chi connectivity index (χ3n) is 3.64. The summed E-state index contributed by atoms with van der Waals surface area (Å²) in [6, 6.07) is 5.24. The Bertz CT molecular complexity index is 823. The van der Waals surface area contributed by atoms with Crippen LogP contribution < -0.4 is 0 Å². The Kier molecular flexibility index (Phi) is 8.04. The fourth-order valence-corrected chi connectivity index (χ4v) is 3.18. The van der Waals surface area contributed by atoms with E-state index in [0.29, 0.717) is 35.4 Å². The SMILES string of the molecule is C#CCOC[C@H]1CO[C@](Cn2ccnc2)(c2ccc(Cl)cc2Cl)O1.O=[N+]([O-])O. The van der Waals surface area contributed by atoms with Crippen LogP contribution in [0.5, 0.6) is 0 Å². The number of ether oxygens (including phenoxy) is 3. The molecule has 1 aromatic heterocycles. The van der Waals surface area contributed by atoms with Crippen LogP contribution in [0.1, 0.15) is 5.56 Å². The minimum absolute atomic E-state index is 0.232. The number of hydrogen-bond donors (Lipinski definition) is 1. The molecular weight excluding hydrogens is 413 g/mol. The Morgan fingerprint density at radius 3 is 2.89 bits per heavy atom. The first-order valence-electron chi connectivity index (χ1n) is 7.94. The first-order valence-corrected chi connectivity index (χ1v) is 8.69. The molecular formula is C17H17Cl2N3O6. The van der Waals surface area contributed by atoms with Gasteiger partial charge in [0.15, 0.2) is 0 Å². The van der Waals surface area contributed by atoms with Gasteiger partial charge in [0.25, 0.3) is 5.09 Å². The molecule has 0 aliphatic carbocycles. The molecule has 0 unspecified atom stereocenters. The van der Waals surface area contributed by atoms with Gasteiger partial charge in [-0.3, -0.25) is 0 Å². The molecule has 0 spiro atoms. The van der Waals surface area contributed by atoms with E-state index in [1.54, 1.807) is 24.7 Å². The summed E-state index contributed by atoms with van der Waals surface area (Å²) in [6.45, 7) is 1.36. The Morgan fingerprint density at radius 2 is 2.29 bits per heavy atom. The molecule has 0 radical (unpaired) electrons. The molecule has 1 aliphatic heterocycles. The second-order valence-corrected chi connectivity index (χ2v) is 6.46. The van der Waals surface area contributed by atoms with Crippen LogP contribution in [0.3, 0.4) is 0 Å². The van der Waals surface area contributed by atoms with Crippen molar-refractivity contribution in [3.63, 3.8) is 0 Å². The van der Waals surface area contributed by atoms with Crippen LogP contribution in [-0.4, -0.2) is 45.8 Å². The number of terminal acetylenes is 1. The average Bonchev–Trinajstić information content (AvgIpc) is 3.26. The standard InChI is InChI=1S/C17H16Cl2N2O3.HNO3/c1-2-7-22-9-14-10-23-17(24-14,11-21-6-5-20-12-21)15-4-3-13(18)8-16(15)19;2-1(3)4/h1,3-6,8,12,14H,7,9-11H2;(H,2,3,4)/t14-,17-;/m0./s1. The van der Waals surface area contributed by atoms with E-state index in [1.165, 1.54) is 0 Å². The average molecular weight is 430 g/mol. The Morgan fingerprint density at radius 1 is 1.54 bits per heavy atom. The van der Waals surface area contributed by atoms with E-state index >= 15 is 0 Å². The second kappa shape index (κ2) is 10.3. The number of benzene rings is 1. The molecule has 1 aromatic carbocycles. The smallest absolute Gasteiger partial charge is 0.291 e. The molecule has 150 valence electrons. The topological polar surface area (TPSA) is 109 Å². The van der Waals surface area contributed by atoms with Gasteiger partial charge in [-0.2, -0.15) is 0 Å². The monoisotopic (exact) mass is 429 g/mol. The van der Waals surface area contributed by atoms with Crippen LogP contribution in [0.15, 0.2) is 36.9 Å². The third-order valence-corrected chi connectivity index (χ3v) is 4.19. The van der Waals surface area contributed by atoms with Gasteiger partial charge in [-0.05, 0) is 12.1 Å². The van der Waals surface area contributed by atoms with Gasteiger partial charge >= 0.3 is 0 Å². The fraction of sp³-hybridized carbons (Fsp3) is 0.353. The molecule has 3 rings (SSSR count). The lowest BCUT2D eigenvalue weighted by Crippen LogP contribution is -2.34. The van der Waals surface area contributed by atoms with E-state index < -0.39 is 10.9 Å². The Balaban J connectivity index is 0.000000640. The molecule has 28 heavy (non-hydrogen) atoms. The maximum absolute atomic E-state index is 8.36. The van der Waals surface area contributed by atoms with Gasteiger partial charge in [0.2, 0.25) is 5.79 Å². The van der Waals surface area contributed by atoms with Crippen LogP contribution in [0.25, 0.3) is 0 Å². The van der Waals surface area contributed by atoms with E-state index in [9.17, 15) is 0 Å². The summed E-state index contributed by atoms with van der Waals surface area (Å²) in [5.74, 6) is 1.39. The van der Waals surface area contributed by atoms with Crippen molar-refractivity contribution in [2.45, 2.75) is 18.4 Å². The second-order valence-electron chi connectivity index (χ2n) is 5.62. The summed E-state index contributed by atoms with van der Waals surface area (Å²) in [5, 5.41) is 14.7. The van der Waals surface area contributed by atoms with Crippen LogP contribution in [0.4, 0.5) is 0 Å². The molecule has 0 saturated carbocycles. The van der Waals surface area contributed by atoms with Crippen LogP contribution in [0.2, 0.25) is 10.0 Å². The van der Waals surface area contributed by atoms with Crippen molar-refractivity contribution in [3.8, 4) is 12.3 Å². The summed E-state index contributed by atoms with van der Waals surface area (Å²) < 4.78 is 19.5. The van der Waals surface area contributed by atoms with Gasteiger partial charge in [-0.1, -0.05) is 35.2 Å². The van der Waals surface area contributed by atoms with Gasteiger partial charge in [-0.15, -0.1) is 16.5 Å². The van der Waals surface area contributed by atoms with Crippen molar-refractivity contribution in [1.82, 2.24) is 9.55 Å². The molecule has 11 heteroatoms.